The van der Waals surface area contributed by atoms with Gasteiger partial charge in [0, 0.05) is 44.9 Å². The maximum Gasteiger partial charge on any atom is 0.347 e. The van der Waals surface area contributed by atoms with Crippen LogP contribution in [0.1, 0.15) is 70.8 Å². The minimum absolute atomic E-state index is 0.133. The van der Waals surface area contributed by atoms with E-state index in [1.54, 1.807) is 29.1 Å². The van der Waals surface area contributed by atoms with Gasteiger partial charge in [0.1, 0.15) is 15.9 Å². The Labute approximate surface area is 226 Å². The van der Waals surface area contributed by atoms with Crippen molar-refractivity contribution in [2.24, 2.45) is 7.05 Å². The molecule has 0 aromatic carbocycles. The van der Waals surface area contributed by atoms with E-state index in [1.807, 2.05) is 10.2 Å². The molecular weight excluding hydrogens is 500 g/mol. The van der Waals surface area contributed by atoms with Crippen LogP contribution in [0.25, 0.3) is 21.4 Å². The molecule has 0 N–H and O–H groups in total. The molecule has 202 valence electrons. The first-order chi connectivity index (χ1) is 18.5. The fourth-order valence-electron chi connectivity index (χ4n) is 6.11. The lowest BCUT2D eigenvalue weighted by Crippen LogP contribution is -2.59. The van der Waals surface area contributed by atoms with E-state index in [-0.39, 0.29) is 24.0 Å². The van der Waals surface area contributed by atoms with Gasteiger partial charge in [0.15, 0.2) is 12.0 Å². The SMILES string of the molecule is CC[C@H]1CN(C(C)c2ccc3ncsc3n2)[C@H](CC)CN1c1c2c(cnc(=O)n2C)nn1C1CCCCO1. The molecule has 10 nitrogen and oxygen atoms in total. The first-order valence-corrected chi connectivity index (χ1v) is 14.7. The van der Waals surface area contributed by atoms with Crippen molar-refractivity contribution < 1.29 is 4.74 Å². The summed E-state index contributed by atoms with van der Waals surface area (Å²) in [4.78, 5) is 32.2. The second kappa shape index (κ2) is 10.3. The number of nitrogens with zero attached hydrogens (tertiary/aromatic N) is 8. The predicted octanol–water partition coefficient (Wildman–Crippen LogP) is 4.27. The number of ether oxygens (including phenoxy) is 1. The maximum absolute atomic E-state index is 12.6. The molecule has 0 bridgehead atoms. The summed E-state index contributed by atoms with van der Waals surface area (Å²) in [6.07, 6.45) is 6.54. The molecule has 2 aliphatic rings. The first-order valence-electron chi connectivity index (χ1n) is 13.8. The summed E-state index contributed by atoms with van der Waals surface area (Å²) >= 11 is 1.59. The van der Waals surface area contributed by atoms with Crippen LogP contribution in [0.5, 0.6) is 0 Å². The van der Waals surface area contributed by atoms with Crippen LogP contribution >= 0.6 is 11.3 Å². The summed E-state index contributed by atoms with van der Waals surface area (Å²) in [7, 11) is 1.80. The smallest absolute Gasteiger partial charge is 0.347 e. The fraction of sp³-hybridized carbons (Fsp3) is 0.593. The predicted molar refractivity (Wildman–Crippen MR) is 150 cm³/mol. The largest absolute Gasteiger partial charge is 0.356 e. The molecule has 0 radical (unpaired) electrons. The zero-order chi connectivity index (χ0) is 26.4. The lowest BCUT2D eigenvalue weighted by Gasteiger charge is -2.49. The Morgan fingerprint density at radius 3 is 2.71 bits per heavy atom. The Hall–Kier alpha value is -2.89. The Kier molecular flexibility index (Phi) is 6.92. The highest BCUT2D eigenvalue weighted by Crippen LogP contribution is 2.38. The van der Waals surface area contributed by atoms with Gasteiger partial charge in [0.05, 0.1) is 22.9 Å². The van der Waals surface area contributed by atoms with Gasteiger partial charge in [0.2, 0.25) is 0 Å². The van der Waals surface area contributed by atoms with Crippen LogP contribution in [0, 0.1) is 0 Å². The number of aryl methyl sites for hydroxylation is 1. The standard InChI is InChI=1S/C27H36N8O2S/c1-5-18-15-34(19(6-2)14-33(18)17(3)20-10-11-21-25(30-20)38-16-29-21)26-24-22(13-28-27(36)32(24)4)31-35(26)23-9-7-8-12-37-23/h10-11,13,16-19,23H,5-9,12,14-15H2,1-4H3/t17?,18-,19+,23?/m1/s1. The third-order valence-electron chi connectivity index (χ3n) is 8.33. The fourth-order valence-corrected chi connectivity index (χ4v) is 6.78. The lowest BCUT2D eigenvalue weighted by molar-refractivity contribution is -0.0387. The molecule has 2 saturated heterocycles. The van der Waals surface area contributed by atoms with Gasteiger partial charge in [-0.05, 0) is 51.2 Å². The molecule has 2 unspecified atom stereocenters. The summed E-state index contributed by atoms with van der Waals surface area (Å²) in [5.74, 6) is 0.982. The van der Waals surface area contributed by atoms with E-state index >= 15 is 0 Å². The van der Waals surface area contributed by atoms with Crippen molar-refractivity contribution in [2.45, 2.75) is 77.2 Å². The molecule has 2 aliphatic heterocycles. The number of pyridine rings is 1. The first kappa shape index (κ1) is 25.4. The van der Waals surface area contributed by atoms with Crippen molar-refractivity contribution in [3.63, 3.8) is 0 Å². The van der Waals surface area contributed by atoms with Gasteiger partial charge < -0.3 is 9.64 Å². The molecule has 4 aromatic rings. The number of piperazine rings is 1. The van der Waals surface area contributed by atoms with E-state index in [0.717, 1.165) is 84.7 Å². The monoisotopic (exact) mass is 536 g/mol. The lowest BCUT2D eigenvalue weighted by atomic mass is 9.98. The van der Waals surface area contributed by atoms with Crippen LogP contribution in [0.15, 0.2) is 28.6 Å². The minimum Gasteiger partial charge on any atom is -0.356 e. The van der Waals surface area contributed by atoms with Gasteiger partial charge in [-0.25, -0.2) is 19.4 Å². The van der Waals surface area contributed by atoms with Crippen LogP contribution in [0.3, 0.4) is 0 Å². The molecular formula is C27H36N8O2S. The average molecular weight is 537 g/mol. The van der Waals surface area contributed by atoms with Crippen molar-refractivity contribution in [1.82, 2.24) is 34.2 Å². The molecule has 0 aliphatic carbocycles. The van der Waals surface area contributed by atoms with Crippen molar-refractivity contribution in [1.29, 1.82) is 0 Å². The molecule has 2 fully saturated rings. The average Bonchev–Trinajstić information content (AvgIpc) is 3.59. The van der Waals surface area contributed by atoms with Gasteiger partial charge in [-0.15, -0.1) is 11.3 Å². The topological polar surface area (TPSA) is 94.2 Å². The summed E-state index contributed by atoms with van der Waals surface area (Å²) < 4.78 is 9.89. The molecule has 6 heterocycles. The van der Waals surface area contributed by atoms with Gasteiger partial charge in [0.25, 0.3) is 0 Å². The highest BCUT2D eigenvalue weighted by atomic mass is 32.1. The molecule has 38 heavy (non-hydrogen) atoms. The molecule has 4 aromatic heterocycles. The Morgan fingerprint density at radius 2 is 1.95 bits per heavy atom. The molecule has 0 saturated carbocycles. The van der Waals surface area contributed by atoms with E-state index < -0.39 is 0 Å². The van der Waals surface area contributed by atoms with Crippen molar-refractivity contribution in [2.75, 3.05) is 24.6 Å². The van der Waals surface area contributed by atoms with Crippen LogP contribution < -0.4 is 10.6 Å². The van der Waals surface area contributed by atoms with E-state index in [2.05, 4.69) is 52.7 Å². The Morgan fingerprint density at radius 1 is 1.11 bits per heavy atom. The zero-order valence-corrected chi connectivity index (χ0v) is 23.4. The molecule has 11 heteroatoms. The van der Waals surface area contributed by atoms with Crippen molar-refractivity contribution in [3.8, 4) is 0 Å². The third kappa shape index (κ3) is 4.30. The van der Waals surface area contributed by atoms with Gasteiger partial charge in [-0.2, -0.15) is 10.1 Å². The zero-order valence-electron chi connectivity index (χ0n) is 22.6. The van der Waals surface area contributed by atoms with Crippen molar-refractivity contribution >= 4 is 38.5 Å². The number of hydrogen-bond acceptors (Lipinski definition) is 9. The third-order valence-corrected chi connectivity index (χ3v) is 9.07. The number of rotatable bonds is 6. The van der Waals surface area contributed by atoms with E-state index in [4.69, 9.17) is 14.8 Å². The maximum atomic E-state index is 12.6. The highest BCUT2D eigenvalue weighted by Gasteiger charge is 2.39. The summed E-state index contributed by atoms with van der Waals surface area (Å²) in [5.41, 5.74) is 5.21. The number of thiazole rings is 1. The highest BCUT2D eigenvalue weighted by molar-refractivity contribution is 7.16. The number of aromatic nitrogens is 6. The van der Waals surface area contributed by atoms with Gasteiger partial charge >= 0.3 is 5.69 Å². The van der Waals surface area contributed by atoms with Crippen LogP contribution in [-0.4, -0.2) is 66.0 Å². The summed E-state index contributed by atoms with van der Waals surface area (Å²) in [5, 5.41) is 4.96. The number of fused-ring (bicyclic) bond motifs is 2. The van der Waals surface area contributed by atoms with Crippen molar-refractivity contribution in [3.05, 3.63) is 40.0 Å². The quantitative estimate of drug-likeness (QED) is 0.361. The summed E-state index contributed by atoms with van der Waals surface area (Å²) in [6, 6.07) is 4.95. The van der Waals surface area contributed by atoms with E-state index in [9.17, 15) is 4.79 Å². The van der Waals surface area contributed by atoms with E-state index in [1.165, 1.54) is 0 Å². The molecule has 0 amide bonds. The van der Waals surface area contributed by atoms with E-state index in [0.29, 0.717) is 6.04 Å². The number of anilines is 1. The summed E-state index contributed by atoms with van der Waals surface area (Å²) in [6.45, 7) is 9.24. The second-order valence-corrected chi connectivity index (χ2v) is 11.3. The number of hydrogen-bond donors (Lipinski definition) is 0. The van der Waals surface area contributed by atoms with Crippen LogP contribution in [-0.2, 0) is 11.8 Å². The normalized spacial score (nSPS) is 23.9. The molecule has 4 atom stereocenters. The second-order valence-electron chi connectivity index (χ2n) is 10.5. The Bertz CT molecular complexity index is 1490. The van der Waals surface area contributed by atoms with Gasteiger partial charge in [-0.1, -0.05) is 13.8 Å². The molecule has 0 spiro atoms. The van der Waals surface area contributed by atoms with Gasteiger partial charge in [-0.3, -0.25) is 9.47 Å². The van der Waals surface area contributed by atoms with Crippen LogP contribution in [0.4, 0.5) is 5.82 Å². The van der Waals surface area contributed by atoms with Crippen LogP contribution in [0.2, 0.25) is 0 Å². The minimum atomic E-state index is -0.264. The molecule has 6 rings (SSSR count). The Balaban J connectivity index is 1.40.